The Kier molecular flexibility index (Phi) is 3.79. The molecule has 0 saturated carbocycles. The number of rotatable bonds is 3. The largest absolute Gasteiger partial charge is 0.326 e. The van der Waals surface area contributed by atoms with E-state index in [1.807, 2.05) is 18.2 Å². The number of fused-ring (bicyclic) bond motifs is 1. The topological polar surface area (TPSA) is 41.1 Å². The molecule has 0 spiro atoms. The lowest BCUT2D eigenvalue weighted by molar-refractivity contribution is -0.116. The van der Waals surface area contributed by atoms with Crippen LogP contribution in [0.2, 0.25) is 0 Å². The Morgan fingerprint density at radius 2 is 2.18 bits per heavy atom. The summed E-state index contributed by atoms with van der Waals surface area (Å²) in [5, 5.41) is 6.43. The molecule has 0 radical (unpaired) electrons. The minimum absolute atomic E-state index is 0.129. The van der Waals surface area contributed by atoms with Crippen LogP contribution in [0.3, 0.4) is 0 Å². The highest BCUT2D eigenvalue weighted by atomic mass is 16.1. The van der Waals surface area contributed by atoms with Gasteiger partial charge in [0.15, 0.2) is 0 Å². The Balaban J connectivity index is 2.19. The molecule has 3 heteroatoms. The first-order valence-electron chi connectivity index (χ1n) is 6.29. The number of amides is 1. The number of benzene rings is 1. The fraction of sp³-hybridized carbons (Fsp3) is 0.500. The molecule has 0 bridgehead atoms. The van der Waals surface area contributed by atoms with Crippen molar-refractivity contribution in [2.24, 2.45) is 0 Å². The SMILES string of the molecule is CC(C)NCC1CCC(=O)Nc2ccccc21. The van der Waals surface area contributed by atoms with Crippen LogP contribution in [0.15, 0.2) is 24.3 Å². The zero-order chi connectivity index (χ0) is 12.3. The Morgan fingerprint density at radius 3 is 2.94 bits per heavy atom. The third-order valence-electron chi connectivity index (χ3n) is 3.17. The molecule has 1 aliphatic rings. The molecule has 1 atom stereocenters. The standard InChI is InChI=1S/C14H20N2O/c1-10(2)15-9-11-7-8-14(17)16-13-6-4-3-5-12(11)13/h3-6,10-11,15H,7-9H2,1-2H3,(H,16,17). The van der Waals surface area contributed by atoms with Crippen molar-refractivity contribution in [3.05, 3.63) is 29.8 Å². The number of hydrogen-bond donors (Lipinski definition) is 2. The van der Waals surface area contributed by atoms with Crippen LogP contribution in [0, 0.1) is 0 Å². The van der Waals surface area contributed by atoms with E-state index in [4.69, 9.17) is 0 Å². The van der Waals surface area contributed by atoms with E-state index in [0.717, 1.165) is 18.7 Å². The summed E-state index contributed by atoms with van der Waals surface area (Å²) in [5.41, 5.74) is 2.23. The number of nitrogens with one attached hydrogen (secondary N) is 2. The molecule has 1 unspecified atom stereocenters. The average molecular weight is 232 g/mol. The summed E-state index contributed by atoms with van der Waals surface area (Å²) in [7, 11) is 0. The van der Waals surface area contributed by atoms with Gasteiger partial charge in [0.2, 0.25) is 5.91 Å². The molecule has 1 aromatic carbocycles. The van der Waals surface area contributed by atoms with Gasteiger partial charge in [0.05, 0.1) is 0 Å². The van der Waals surface area contributed by atoms with Gasteiger partial charge in [-0.2, -0.15) is 0 Å². The molecule has 0 aromatic heterocycles. The highest BCUT2D eigenvalue weighted by Gasteiger charge is 2.21. The zero-order valence-corrected chi connectivity index (χ0v) is 10.5. The van der Waals surface area contributed by atoms with Crippen molar-refractivity contribution in [1.82, 2.24) is 5.32 Å². The van der Waals surface area contributed by atoms with Gasteiger partial charge in [-0.25, -0.2) is 0 Å². The second kappa shape index (κ2) is 5.32. The van der Waals surface area contributed by atoms with Crippen molar-refractivity contribution in [2.75, 3.05) is 11.9 Å². The van der Waals surface area contributed by atoms with Crippen LogP contribution in [0.25, 0.3) is 0 Å². The lowest BCUT2D eigenvalue weighted by Gasteiger charge is -2.19. The first-order chi connectivity index (χ1) is 8.16. The number of para-hydroxylation sites is 1. The summed E-state index contributed by atoms with van der Waals surface area (Å²) >= 11 is 0. The van der Waals surface area contributed by atoms with E-state index in [-0.39, 0.29) is 5.91 Å². The van der Waals surface area contributed by atoms with Crippen LogP contribution >= 0.6 is 0 Å². The van der Waals surface area contributed by atoms with E-state index in [1.165, 1.54) is 5.56 Å². The fourth-order valence-corrected chi connectivity index (χ4v) is 2.23. The number of carbonyl (C=O) groups is 1. The van der Waals surface area contributed by atoms with Crippen molar-refractivity contribution in [2.45, 2.75) is 38.6 Å². The van der Waals surface area contributed by atoms with Crippen molar-refractivity contribution in [1.29, 1.82) is 0 Å². The second-order valence-corrected chi connectivity index (χ2v) is 4.93. The predicted octanol–water partition coefficient (Wildman–Crippen LogP) is 2.50. The highest BCUT2D eigenvalue weighted by Crippen LogP contribution is 2.30. The molecule has 3 nitrogen and oxygen atoms in total. The van der Waals surface area contributed by atoms with Gasteiger partial charge >= 0.3 is 0 Å². The summed E-state index contributed by atoms with van der Waals surface area (Å²) in [5.74, 6) is 0.553. The molecule has 1 amide bonds. The van der Waals surface area contributed by atoms with Gasteiger partial charge in [-0.15, -0.1) is 0 Å². The molecule has 1 heterocycles. The average Bonchev–Trinajstić information content (AvgIpc) is 2.45. The molecule has 0 saturated heterocycles. The quantitative estimate of drug-likeness (QED) is 0.840. The first kappa shape index (κ1) is 12.1. The van der Waals surface area contributed by atoms with E-state index in [0.29, 0.717) is 18.4 Å². The minimum atomic E-state index is 0.129. The Hall–Kier alpha value is -1.35. The van der Waals surface area contributed by atoms with Crippen LogP contribution in [0.5, 0.6) is 0 Å². The van der Waals surface area contributed by atoms with E-state index in [2.05, 4.69) is 30.5 Å². The summed E-state index contributed by atoms with van der Waals surface area (Å²) in [6, 6.07) is 8.60. The molecule has 1 aromatic rings. The van der Waals surface area contributed by atoms with Crippen molar-refractivity contribution >= 4 is 11.6 Å². The van der Waals surface area contributed by atoms with Gasteiger partial charge in [0.25, 0.3) is 0 Å². The van der Waals surface area contributed by atoms with E-state index in [1.54, 1.807) is 0 Å². The lowest BCUT2D eigenvalue weighted by atomic mass is 9.94. The van der Waals surface area contributed by atoms with Gasteiger partial charge in [-0.3, -0.25) is 4.79 Å². The Bertz CT molecular complexity index is 401. The molecular formula is C14H20N2O. The maximum Gasteiger partial charge on any atom is 0.224 e. The molecule has 0 aliphatic carbocycles. The predicted molar refractivity (Wildman–Crippen MR) is 70.2 cm³/mol. The van der Waals surface area contributed by atoms with Crippen molar-refractivity contribution in [3.63, 3.8) is 0 Å². The van der Waals surface area contributed by atoms with Gasteiger partial charge in [0.1, 0.15) is 0 Å². The molecule has 0 fully saturated rings. The van der Waals surface area contributed by atoms with Crippen LogP contribution in [-0.4, -0.2) is 18.5 Å². The molecule has 1 aliphatic heterocycles. The number of hydrogen-bond acceptors (Lipinski definition) is 2. The van der Waals surface area contributed by atoms with Crippen LogP contribution in [0.1, 0.15) is 38.2 Å². The summed E-state index contributed by atoms with van der Waals surface area (Å²) in [6.45, 7) is 5.22. The van der Waals surface area contributed by atoms with E-state index < -0.39 is 0 Å². The summed E-state index contributed by atoms with van der Waals surface area (Å²) in [6.07, 6.45) is 1.53. The highest BCUT2D eigenvalue weighted by molar-refractivity contribution is 5.92. The van der Waals surface area contributed by atoms with E-state index in [9.17, 15) is 4.79 Å². The molecule has 92 valence electrons. The van der Waals surface area contributed by atoms with Crippen LogP contribution < -0.4 is 10.6 Å². The smallest absolute Gasteiger partial charge is 0.224 e. The van der Waals surface area contributed by atoms with Gasteiger partial charge in [-0.05, 0) is 24.0 Å². The van der Waals surface area contributed by atoms with Gasteiger partial charge in [-0.1, -0.05) is 32.0 Å². The third kappa shape index (κ3) is 3.07. The third-order valence-corrected chi connectivity index (χ3v) is 3.17. The second-order valence-electron chi connectivity index (χ2n) is 4.93. The number of carbonyl (C=O) groups excluding carboxylic acids is 1. The van der Waals surface area contributed by atoms with Crippen molar-refractivity contribution in [3.8, 4) is 0 Å². The normalized spacial score (nSPS) is 19.7. The molecular weight excluding hydrogens is 212 g/mol. The minimum Gasteiger partial charge on any atom is -0.326 e. The van der Waals surface area contributed by atoms with Gasteiger partial charge in [0, 0.05) is 24.7 Å². The molecule has 2 N–H and O–H groups in total. The number of anilines is 1. The van der Waals surface area contributed by atoms with Gasteiger partial charge < -0.3 is 10.6 Å². The zero-order valence-electron chi connectivity index (χ0n) is 10.5. The Morgan fingerprint density at radius 1 is 1.41 bits per heavy atom. The molecule has 17 heavy (non-hydrogen) atoms. The maximum absolute atomic E-state index is 11.6. The Labute approximate surface area is 103 Å². The first-order valence-corrected chi connectivity index (χ1v) is 6.29. The van der Waals surface area contributed by atoms with Crippen LogP contribution in [-0.2, 0) is 4.79 Å². The summed E-state index contributed by atoms with van der Waals surface area (Å²) in [4.78, 5) is 11.6. The molecule has 2 rings (SSSR count). The van der Waals surface area contributed by atoms with Crippen molar-refractivity contribution < 1.29 is 4.79 Å². The lowest BCUT2D eigenvalue weighted by Crippen LogP contribution is -2.28. The fourth-order valence-electron chi connectivity index (χ4n) is 2.23. The van der Waals surface area contributed by atoms with Crippen LogP contribution in [0.4, 0.5) is 5.69 Å². The van der Waals surface area contributed by atoms with E-state index >= 15 is 0 Å². The monoisotopic (exact) mass is 232 g/mol. The summed E-state index contributed by atoms with van der Waals surface area (Å²) < 4.78 is 0. The maximum atomic E-state index is 11.6.